The maximum Gasteiger partial charge on any atom is 0.286 e. The summed E-state index contributed by atoms with van der Waals surface area (Å²) in [5, 5.41) is 7.37. The summed E-state index contributed by atoms with van der Waals surface area (Å²) in [7, 11) is 0. The molecular formula is C14H13F2N5O. The van der Waals surface area contributed by atoms with Crippen LogP contribution in [0, 0.1) is 6.92 Å². The zero-order valence-electron chi connectivity index (χ0n) is 12.0. The molecule has 0 unspecified atom stereocenters. The van der Waals surface area contributed by atoms with Crippen LogP contribution < -0.4 is 5.73 Å². The van der Waals surface area contributed by atoms with E-state index in [-0.39, 0.29) is 5.69 Å². The Bertz CT molecular complexity index is 824. The molecule has 0 aliphatic carbocycles. The van der Waals surface area contributed by atoms with Crippen molar-refractivity contribution in [2.75, 3.05) is 5.73 Å². The molecule has 3 rings (SSSR count). The van der Waals surface area contributed by atoms with E-state index in [2.05, 4.69) is 24.9 Å². The molecule has 0 radical (unpaired) electrons. The van der Waals surface area contributed by atoms with Crippen molar-refractivity contribution in [1.82, 2.24) is 20.3 Å². The molecule has 0 saturated heterocycles. The van der Waals surface area contributed by atoms with Crippen molar-refractivity contribution in [2.45, 2.75) is 26.2 Å². The maximum absolute atomic E-state index is 13.2. The van der Waals surface area contributed by atoms with E-state index in [4.69, 9.17) is 5.73 Å². The van der Waals surface area contributed by atoms with Crippen LogP contribution in [-0.4, -0.2) is 20.3 Å². The number of fused-ring (bicyclic) bond motifs is 1. The first-order chi connectivity index (χ1) is 10.4. The molecule has 6 nitrogen and oxygen atoms in total. The molecule has 0 aliphatic rings. The molecule has 0 amide bonds. The Kier molecular flexibility index (Phi) is 3.23. The number of aromatic nitrogens is 4. The van der Waals surface area contributed by atoms with Crippen molar-refractivity contribution in [2.24, 2.45) is 0 Å². The number of hydrogen-bond donors (Lipinski definition) is 1. The standard InChI is InChI=1S/C14H13F2N5O/c1-7-9(11(17)12-13(19-7)21-22-20-12)5-8-3-4-10(18-6-8)14(2,15)16/h3-4,6H,5,17H2,1-2H3. The van der Waals surface area contributed by atoms with Gasteiger partial charge >= 0.3 is 0 Å². The highest BCUT2D eigenvalue weighted by Gasteiger charge is 2.25. The van der Waals surface area contributed by atoms with Gasteiger partial charge in [-0.3, -0.25) is 4.98 Å². The van der Waals surface area contributed by atoms with Gasteiger partial charge in [0.2, 0.25) is 5.65 Å². The van der Waals surface area contributed by atoms with Crippen LogP contribution in [0.4, 0.5) is 14.5 Å². The van der Waals surface area contributed by atoms with E-state index in [0.29, 0.717) is 29.0 Å². The van der Waals surface area contributed by atoms with Gasteiger partial charge in [0.15, 0.2) is 5.52 Å². The fourth-order valence-corrected chi connectivity index (χ4v) is 2.21. The quantitative estimate of drug-likeness (QED) is 0.800. The normalized spacial score (nSPS) is 12.0. The Hall–Kier alpha value is -2.64. The summed E-state index contributed by atoms with van der Waals surface area (Å²) in [6.45, 7) is 2.61. The van der Waals surface area contributed by atoms with E-state index in [1.807, 2.05) is 0 Å². The van der Waals surface area contributed by atoms with Crippen LogP contribution in [0.25, 0.3) is 11.2 Å². The SMILES string of the molecule is Cc1nc2nonc2c(N)c1Cc1ccc(C(C)(F)F)nc1. The average Bonchev–Trinajstić information content (AvgIpc) is 2.91. The molecule has 0 aliphatic heterocycles. The third-order valence-corrected chi connectivity index (χ3v) is 3.42. The van der Waals surface area contributed by atoms with Crippen molar-refractivity contribution >= 4 is 16.9 Å². The molecule has 0 fully saturated rings. The zero-order chi connectivity index (χ0) is 15.9. The Morgan fingerprint density at radius 3 is 2.68 bits per heavy atom. The lowest BCUT2D eigenvalue weighted by atomic mass is 10.0. The highest BCUT2D eigenvalue weighted by molar-refractivity contribution is 5.85. The second-order valence-corrected chi connectivity index (χ2v) is 5.14. The summed E-state index contributed by atoms with van der Waals surface area (Å²) in [6, 6.07) is 2.91. The summed E-state index contributed by atoms with van der Waals surface area (Å²) < 4.78 is 30.9. The Morgan fingerprint density at radius 1 is 1.27 bits per heavy atom. The molecule has 22 heavy (non-hydrogen) atoms. The summed E-state index contributed by atoms with van der Waals surface area (Å²) >= 11 is 0. The third-order valence-electron chi connectivity index (χ3n) is 3.42. The number of nitrogens with zero attached hydrogens (tertiary/aromatic N) is 4. The number of nitrogen functional groups attached to an aromatic ring is 1. The minimum absolute atomic E-state index is 0.268. The van der Waals surface area contributed by atoms with E-state index in [9.17, 15) is 8.78 Å². The lowest BCUT2D eigenvalue weighted by Gasteiger charge is -2.11. The zero-order valence-corrected chi connectivity index (χ0v) is 12.0. The van der Waals surface area contributed by atoms with Gasteiger partial charge in [-0.15, -0.1) is 0 Å². The highest BCUT2D eigenvalue weighted by Crippen LogP contribution is 2.27. The first-order valence-corrected chi connectivity index (χ1v) is 6.56. The number of halogens is 2. The summed E-state index contributed by atoms with van der Waals surface area (Å²) in [5.74, 6) is -2.96. The second-order valence-electron chi connectivity index (χ2n) is 5.14. The molecule has 0 aromatic carbocycles. The van der Waals surface area contributed by atoms with Gasteiger partial charge in [0.1, 0.15) is 5.69 Å². The number of hydrogen-bond acceptors (Lipinski definition) is 6. The molecule has 8 heteroatoms. The van der Waals surface area contributed by atoms with Crippen LogP contribution in [0.15, 0.2) is 23.0 Å². The summed E-state index contributed by atoms with van der Waals surface area (Å²) in [4.78, 5) is 8.06. The molecule has 0 bridgehead atoms. The first kappa shape index (κ1) is 14.3. The number of alkyl halides is 2. The van der Waals surface area contributed by atoms with Gasteiger partial charge in [0.25, 0.3) is 5.92 Å². The smallest absolute Gasteiger partial charge is 0.286 e. The van der Waals surface area contributed by atoms with E-state index in [1.165, 1.54) is 12.3 Å². The van der Waals surface area contributed by atoms with Gasteiger partial charge in [-0.1, -0.05) is 6.07 Å². The molecule has 0 saturated carbocycles. The van der Waals surface area contributed by atoms with Crippen LogP contribution >= 0.6 is 0 Å². The maximum atomic E-state index is 13.2. The number of rotatable bonds is 3. The molecule has 0 spiro atoms. The molecule has 2 N–H and O–H groups in total. The average molecular weight is 305 g/mol. The van der Waals surface area contributed by atoms with Crippen LogP contribution in [0.2, 0.25) is 0 Å². The van der Waals surface area contributed by atoms with Crippen LogP contribution in [0.5, 0.6) is 0 Å². The van der Waals surface area contributed by atoms with Crippen molar-refractivity contribution in [1.29, 1.82) is 0 Å². The second kappa shape index (κ2) is 4.97. The molecular weight excluding hydrogens is 292 g/mol. The number of anilines is 1. The lowest BCUT2D eigenvalue weighted by molar-refractivity contribution is 0.0127. The fraction of sp³-hybridized carbons (Fsp3) is 0.286. The van der Waals surface area contributed by atoms with Crippen LogP contribution in [0.3, 0.4) is 0 Å². The number of aryl methyl sites for hydroxylation is 1. The van der Waals surface area contributed by atoms with Gasteiger partial charge < -0.3 is 5.73 Å². The van der Waals surface area contributed by atoms with Gasteiger partial charge in [-0.2, -0.15) is 8.78 Å². The summed E-state index contributed by atoms with van der Waals surface area (Å²) in [6.07, 6.45) is 1.83. The molecule has 114 valence electrons. The van der Waals surface area contributed by atoms with E-state index >= 15 is 0 Å². The number of nitrogens with two attached hydrogens (primary N) is 1. The lowest BCUT2D eigenvalue weighted by Crippen LogP contribution is -2.10. The minimum Gasteiger partial charge on any atom is -0.396 e. The Balaban J connectivity index is 1.96. The van der Waals surface area contributed by atoms with Crippen molar-refractivity contribution in [3.05, 3.63) is 40.8 Å². The molecule has 3 aromatic rings. The minimum atomic E-state index is -2.96. The topological polar surface area (TPSA) is 90.7 Å². The molecule has 3 heterocycles. The van der Waals surface area contributed by atoms with Crippen LogP contribution in [-0.2, 0) is 12.3 Å². The van der Waals surface area contributed by atoms with Crippen molar-refractivity contribution < 1.29 is 13.4 Å². The van der Waals surface area contributed by atoms with E-state index in [1.54, 1.807) is 13.0 Å². The molecule has 0 atom stereocenters. The summed E-state index contributed by atoms with van der Waals surface area (Å²) in [5.41, 5.74) is 9.15. The monoisotopic (exact) mass is 305 g/mol. The van der Waals surface area contributed by atoms with Gasteiger partial charge in [0, 0.05) is 30.8 Å². The van der Waals surface area contributed by atoms with Gasteiger partial charge in [-0.05, 0) is 28.9 Å². The van der Waals surface area contributed by atoms with E-state index in [0.717, 1.165) is 18.1 Å². The van der Waals surface area contributed by atoms with Gasteiger partial charge in [0.05, 0.1) is 5.69 Å². The predicted molar refractivity (Wildman–Crippen MR) is 75.4 cm³/mol. The van der Waals surface area contributed by atoms with Crippen molar-refractivity contribution in [3.63, 3.8) is 0 Å². The highest BCUT2D eigenvalue weighted by atomic mass is 19.3. The largest absolute Gasteiger partial charge is 0.396 e. The Morgan fingerprint density at radius 2 is 2.05 bits per heavy atom. The first-order valence-electron chi connectivity index (χ1n) is 6.56. The Labute approximate surface area is 124 Å². The van der Waals surface area contributed by atoms with Gasteiger partial charge in [-0.25, -0.2) is 9.61 Å². The third kappa shape index (κ3) is 2.47. The van der Waals surface area contributed by atoms with Crippen LogP contribution in [0.1, 0.15) is 29.4 Å². The molecule has 3 aromatic heterocycles. The number of pyridine rings is 2. The van der Waals surface area contributed by atoms with Crippen molar-refractivity contribution in [3.8, 4) is 0 Å². The van der Waals surface area contributed by atoms with E-state index < -0.39 is 5.92 Å². The predicted octanol–water partition coefficient (Wildman–Crippen LogP) is 2.61. The fourth-order valence-electron chi connectivity index (χ4n) is 2.21.